The molecule has 1 aromatic heterocycles. The predicted molar refractivity (Wildman–Crippen MR) is 110 cm³/mol. The Bertz CT molecular complexity index is 1080. The zero-order chi connectivity index (χ0) is 20.2. The highest BCUT2D eigenvalue weighted by Crippen LogP contribution is 2.22. The lowest BCUT2D eigenvalue weighted by molar-refractivity contribution is 0.0996. The van der Waals surface area contributed by atoms with Crippen molar-refractivity contribution >= 4 is 17.3 Å². The number of rotatable bonds is 3. The number of anilines is 2. The van der Waals surface area contributed by atoms with E-state index in [0.717, 1.165) is 25.2 Å². The number of nitrogens with two attached hydrogens (primary N) is 1. The molecule has 146 valence electrons. The quantitative estimate of drug-likeness (QED) is 0.672. The second-order valence-corrected chi connectivity index (χ2v) is 6.92. The number of furan rings is 1. The maximum absolute atomic E-state index is 13.2. The molecule has 1 fully saturated rings. The van der Waals surface area contributed by atoms with E-state index in [4.69, 9.17) is 10.2 Å². The van der Waals surface area contributed by atoms with E-state index >= 15 is 0 Å². The van der Waals surface area contributed by atoms with Crippen molar-refractivity contribution in [2.45, 2.75) is 12.5 Å². The molecule has 1 aliphatic rings. The van der Waals surface area contributed by atoms with Gasteiger partial charge in [0.05, 0.1) is 0 Å². The van der Waals surface area contributed by atoms with Crippen LogP contribution in [0, 0.1) is 17.7 Å². The Kier molecular flexibility index (Phi) is 5.32. The number of nitrogens with zero attached hydrogens (tertiary/aromatic N) is 1. The highest BCUT2D eigenvalue weighted by atomic mass is 19.1. The van der Waals surface area contributed by atoms with Gasteiger partial charge in [0.1, 0.15) is 5.82 Å². The van der Waals surface area contributed by atoms with E-state index in [1.165, 1.54) is 12.1 Å². The molecule has 5 nitrogen and oxygen atoms in total. The molecule has 1 amide bonds. The normalized spacial score (nSPS) is 15.7. The number of benzene rings is 2. The van der Waals surface area contributed by atoms with Crippen LogP contribution >= 0.6 is 0 Å². The third-order valence-corrected chi connectivity index (χ3v) is 4.70. The van der Waals surface area contributed by atoms with Crippen molar-refractivity contribution in [3.63, 3.8) is 0 Å². The van der Waals surface area contributed by atoms with Crippen molar-refractivity contribution in [2.75, 3.05) is 23.3 Å². The van der Waals surface area contributed by atoms with Gasteiger partial charge < -0.3 is 20.4 Å². The van der Waals surface area contributed by atoms with E-state index in [2.05, 4.69) is 22.1 Å². The van der Waals surface area contributed by atoms with E-state index < -0.39 is 0 Å². The van der Waals surface area contributed by atoms with Crippen LogP contribution in [0.1, 0.15) is 28.3 Å². The zero-order valence-electron chi connectivity index (χ0n) is 15.7. The second-order valence-electron chi connectivity index (χ2n) is 6.92. The average molecular weight is 389 g/mol. The molecule has 1 aliphatic heterocycles. The summed E-state index contributed by atoms with van der Waals surface area (Å²) < 4.78 is 18.7. The molecule has 0 saturated carbocycles. The first-order valence-corrected chi connectivity index (χ1v) is 9.36. The van der Waals surface area contributed by atoms with Crippen LogP contribution in [0.2, 0.25) is 0 Å². The summed E-state index contributed by atoms with van der Waals surface area (Å²) in [6.45, 7) is 1.79. The predicted octanol–water partition coefficient (Wildman–Crippen LogP) is 3.61. The molecule has 3 N–H and O–H groups in total. The molecular weight excluding hydrogens is 369 g/mol. The van der Waals surface area contributed by atoms with Gasteiger partial charge in [0.25, 0.3) is 5.91 Å². The van der Waals surface area contributed by atoms with Crippen LogP contribution in [0.5, 0.6) is 0 Å². The first kappa shape index (κ1) is 18.8. The van der Waals surface area contributed by atoms with Gasteiger partial charge in [0, 0.05) is 36.1 Å². The minimum atomic E-state index is -0.361. The monoisotopic (exact) mass is 389 g/mol. The van der Waals surface area contributed by atoms with Crippen LogP contribution in [0.25, 0.3) is 0 Å². The molecule has 2 heterocycles. The molecule has 2 aromatic carbocycles. The summed E-state index contributed by atoms with van der Waals surface area (Å²) >= 11 is 0. The molecule has 1 unspecified atom stereocenters. The summed E-state index contributed by atoms with van der Waals surface area (Å²) in [5, 5.41) is 2.81. The number of amides is 1. The summed E-state index contributed by atoms with van der Waals surface area (Å²) in [6, 6.07) is 17.0. The number of halogens is 1. The Balaban J connectivity index is 1.39. The molecule has 29 heavy (non-hydrogen) atoms. The number of hydrogen-bond acceptors (Lipinski definition) is 4. The largest absolute Gasteiger partial charge is 0.443 e. The van der Waals surface area contributed by atoms with E-state index in [0.29, 0.717) is 17.0 Å². The van der Waals surface area contributed by atoms with Crippen molar-refractivity contribution in [3.05, 3.63) is 83.6 Å². The van der Waals surface area contributed by atoms with Gasteiger partial charge in [-0.05, 0) is 66.9 Å². The molecule has 4 rings (SSSR count). The number of carbonyl (C=O) groups is 1. The number of nitrogens with one attached hydrogen (secondary N) is 1. The van der Waals surface area contributed by atoms with Gasteiger partial charge in [-0.1, -0.05) is 12.0 Å². The van der Waals surface area contributed by atoms with Crippen LogP contribution in [-0.4, -0.2) is 25.0 Å². The van der Waals surface area contributed by atoms with Gasteiger partial charge in [0.2, 0.25) is 0 Å². The van der Waals surface area contributed by atoms with Crippen molar-refractivity contribution in [1.29, 1.82) is 0 Å². The van der Waals surface area contributed by atoms with Crippen molar-refractivity contribution in [2.24, 2.45) is 5.73 Å². The molecule has 6 heteroatoms. The van der Waals surface area contributed by atoms with Crippen molar-refractivity contribution < 1.29 is 13.6 Å². The smallest absolute Gasteiger partial charge is 0.291 e. The first-order valence-electron chi connectivity index (χ1n) is 9.36. The summed E-state index contributed by atoms with van der Waals surface area (Å²) in [5.41, 5.74) is 8.24. The zero-order valence-corrected chi connectivity index (χ0v) is 15.7. The van der Waals surface area contributed by atoms with Crippen molar-refractivity contribution in [3.8, 4) is 11.8 Å². The molecule has 1 saturated heterocycles. The van der Waals surface area contributed by atoms with Crippen LogP contribution in [-0.2, 0) is 0 Å². The molecule has 0 bridgehead atoms. The molecule has 0 aliphatic carbocycles. The minimum Gasteiger partial charge on any atom is -0.443 e. The van der Waals surface area contributed by atoms with Gasteiger partial charge in [-0.15, -0.1) is 0 Å². The Morgan fingerprint density at radius 2 is 1.97 bits per heavy atom. The van der Waals surface area contributed by atoms with Gasteiger partial charge in [0.15, 0.2) is 11.5 Å². The Labute approximate surface area is 168 Å². The topological polar surface area (TPSA) is 71.5 Å². The Morgan fingerprint density at radius 1 is 1.14 bits per heavy atom. The lowest BCUT2D eigenvalue weighted by Gasteiger charge is -2.18. The third kappa shape index (κ3) is 4.65. The van der Waals surface area contributed by atoms with Crippen LogP contribution in [0.15, 0.2) is 65.1 Å². The van der Waals surface area contributed by atoms with Gasteiger partial charge in [-0.25, -0.2) is 4.39 Å². The maximum atomic E-state index is 13.2. The fraction of sp³-hybridized carbons (Fsp3) is 0.174. The molecule has 1 atom stereocenters. The maximum Gasteiger partial charge on any atom is 0.291 e. The standard InChI is InChI=1S/C23H20FN3O2/c24-17-3-1-2-16(14-17)4-9-21-10-11-22(29-21)23(28)26-19-5-7-20(8-6-19)27-13-12-18(25)15-27/h1-3,5-8,10-11,14,18H,12-13,15,25H2,(H,26,28). The Hall–Kier alpha value is -3.56. The van der Waals surface area contributed by atoms with E-state index in [1.807, 2.05) is 24.3 Å². The van der Waals surface area contributed by atoms with E-state index in [-0.39, 0.29) is 23.5 Å². The third-order valence-electron chi connectivity index (χ3n) is 4.70. The van der Waals surface area contributed by atoms with E-state index in [9.17, 15) is 9.18 Å². The van der Waals surface area contributed by atoms with Gasteiger partial charge >= 0.3 is 0 Å². The molecule has 0 spiro atoms. The van der Waals surface area contributed by atoms with Gasteiger partial charge in [-0.3, -0.25) is 4.79 Å². The van der Waals surface area contributed by atoms with Crippen molar-refractivity contribution in [1.82, 2.24) is 0 Å². The van der Waals surface area contributed by atoms with Crippen LogP contribution in [0.4, 0.5) is 15.8 Å². The summed E-state index contributed by atoms with van der Waals surface area (Å²) in [4.78, 5) is 14.6. The number of hydrogen-bond donors (Lipinski definition) is 2. The highest BCUT2D eigenvalue weighted by Gasteiger charge is 2.19. The van der Waals surface area contributed by atoms with Crippen LogP contribution < -0.4 is 16.0 Å². The summed E-state index contributed by atoms with van der Waals surface area (Å²) in [6.07, 6.45) is 0.988. The minimum absolute atomic E-state index is 0.156. The molecule has 3 aromatic rings. The molecular formula is C23H20FN3O2. The second kappa shape index (κ2) is 8.21. The lowest BCUT2D eigenvalue weighted by atomic mass is 10.2. The lowest BCUT2D eigenvalue weighted by Crippen LogP contribution is -2.26. The summed E-state index contributed by atoms with van der Waals surface area (Å²) in [5.74, 6) is 5.38. The van der Waals surface area contributed by atoms with E-state index in [1.54, 1.807) is 24.3 Å². The SMILES string of the molecule is NC1CCN(c2ccc(NC(=O)c3ccc(C#Cc4cccc(F)c4)o3)cc2)C1. The summed E-state index contributed by atoms with van der Waals surface area (Å²) in [7, 11) is 0. The Morgan fingerprint density at radius 3 is 2.69 bits per heavy atom. The highest BCUT2D eigenvalue weighted by molar-refractivity contribution is 6.02. The fourth-order valence-electron chi connectivity index (χ4n) is 3.20. The van der Waals surface area contributed by atoms with Crippen LogP contribution in [0.3, 0.4) is 0 Å². The first-order chi connectivity index (χ1) is 14.1. The average Bonchev–Trinajstić information content (AvgIpc) is 3.36. The van der Waals surface area contributed by atoms with Gasteiger partial charge in [-0.2, -0.15) is 0 Å². The number of carbonyl (C=O) groups excluding carboxylic acids is 1. The molecule has 0 radical (unpaired) electrons. The fourth-order valence-corrected chi connectivity index (χ4v) is 3.20.